The van der Waals surface area contributed by atoms with Crippen LogP contribution in [0.3, 0.4) is 0 Å². The fraction of sp³-hybridized carbons (Fsp3) is 0.444. The lowest BCUT2D eigenvalue weighted by molar-refractivity contribution is 0.817. The first kappa shape index (κ1) is 8.29. The van der Waals surface area contributed by atoms with E-state index in [9.17, 15) is 4.79 Å². The summed E-state index contributed by atoms with van der Waals surface area (Å²) in [6.07, 6.45) is 3.56. The van der Waals surface area contributed by atoms with E-state index in [1.165, 1.54) is 12.8 Å². The van der Waals surface area contributed by atoms with Crippen LogP contribution in [0.5, 0.6) is 0 Å². The van der Waals surface area contributed by atoms with E-state index in [1.54, 1.807) is 0 Å². The number of hydrogen-bond donors (Lipinski definition) is 1. The second kappa shape index (κ2) is 3.20. The molecule has 0 amide bonds. The van der Waals surface area contributed by atoms with E-state index in [0.717, 1.165) is 21.6 Å². The molecule has 12 heavy (non-hydrogen) atoms. The third kappa shape index (κ3) is 1.88. The molecule has 0 atom stereocenters. The summed E-state index contributed by atoms with van der Waals surface area (Å²) in [5.74, 6) is 0.783. The second-order valence-corrected chi connectivity index (χ2v) is 4.47. The van der Waals surface area contributed by atoms with Gasteiger partial charge in [0.2, 0.25) is 0 Å². The van der Waals surface area contributed by atoms with Crippen LogP contribution in [0, 0.1) is 9.62 Å². The Morgan fingerprint density at radius 2 is 2.25 bits per heavy atom. The van der Waals surface area contributed by atoms with Gasteiger partial charge < -0.3 is 4.98 Å². The number of rotatable bonds is 2. The summed E-state index contributed by atoms with van der Waals surface area (Å²) in [5.41, 5.74) is 1.03. The van der Waals surface area contributed by atoms with Crippen molar-refractivity contribution in [2.75, 3.05) is 0 Å². The minimum atomic E-state index is 0.0915. The first-order valence-corrected chi connectivity index (χ1v) is 5.21. The van der Waals surface area contributed by atoms with Crippen LogP contribution in [0.15, 0.2) is 16.9 Å². The number of H-pyrrole nitrogens is 1. The molecule has 1 saturated carbocycles. The first-order valence-electron chi connectivity index (χ1n) is 4.13. The number of pyridine rings is 1. The van der Waals surface area contributed by atoms with Gasteiger partial charge in [0.25, 0.3) is 5.56 Å². The Balaban J connectivity index is 2.24. The zero-order valence-electron chi connectivity index (χ0n) is 6.64. The van der Waals surface area contributed by atoms with Gasteiger partial charge in [-0.15, -0.1) is 0 Å². The van der Waals surface area contributed by atoms with Crippen molar-refractivity contribution in [3.8, 4) is 0 Å². The number of nitrogens with one attached hydrogen (secondary N) is 1. The highest BCUT2D eigenvalue weighted by Gasteiger charge is 2.22. The average Bonchev–Trinajstić information content (AvgIpc) is 2.79. The molecule has 0 aromatic carbocycles. The van der Waals surface area contributed by atoms with Crippen molar-refractivity contribution in [1.29, 1.82) is 0 Å². The van der Waals surface area contributed by atoms with Crippen molar-refractivity contribution in [3.05, 3.63) is 31.8 Å². The molecule has 0 radical (unpaired) electrons. The van der Waals surface area contributed by atoms with E-state index in [2.05, 4.69) is 27.6 Å². The van der Waals surface area contributed by atoms with Gasteiger partial charge in [-0.25, -0.2) is 0 Å². The lowest BCUT2D eigenvalue weighted by atomic mass is 10.1. The van der Waals surface area contributed by atoms with Gasteiger partial charge in [-0.3, -0.25) is 4.79 Å². The topological polar surface area (TPSA) is 32.9 Å². The molecule has 1 fully saturated rings. The summed E-state index contributed by atoms with van der Waals surface area (Å²) < 4.78 is 0.914. The molecule has 0 saturated heterocycles. The molecule has 1 aliphatic rings. The molecule has 3 heteroatoms. The Morgan fingerprint density at radius 3 is 2.83 bits per heavy atom. The van der Waals surface area contributed by atoms with Gasteiger partial charge in [0, 0.05) is 5.56 Å². The van der Waals surface area contributed by atoms with E-state index >= 15 is 0 Å². The van der Waals surface area contributed by atoms with E-state index in [4.69, 9.17) is 0 Å². The monoisotopic (exact) mass is 275 g/mol. The van der Waals surface area contributed by atoms with Crippen LogP contribution in [0.4, 0.5) is 0 Å². The Hall–Kier alpha value is -0.320. The van der Waals surface area contributed by atoms with Gasteiger partial charge in [-0.2, -0.15) is 0 Å². The molecule has 1 heterocycles. The average molecular weight is 275 g/mol. The molecule has 0 aliphatic heterocycles. The zero-order valence-corrected chi connectivity index (χ0v) is 8.80. The molecule has 2 rings (SSSR count). The lowest BCUT2D eigenvalue weighted by Crippen LogP contribution is -2.13. The maximum atomic E-state index is 11.3. The Morgan fingerprint density at radius 1 is 1.50 bits per heavy atom. The summed E-state index contributed by atoms with van der Waals surface area (Å²) in [6.45, 7) is 0. The number of aromatic amines is 1. The molecule has 1 aliphatic carbocycles. The normalized spacial score (nSPS) is 16.4. The molecule has 1 aromatic heterocycles. The summed E-state index contributed by atoms with van der Waals surface area (Å²) >= 11 is 2.12. The minimum Gasteiger partial charge on any atom is -0.317 e. The third-order valence-corrected chi connectivity index (χ3v) is 2.79. The number of aromatic nitrogens is 1. The molecule has 0 unspecified atom stereocenters. The Bertz CT molecular complexity index is 341. The highest BCUT2D eigenvalue weighted by molar-refractivity contribution is 14.1. The van der Waals surface area contributed by atoms with Crippen LogP contribution in [0.1, 0.15) is 18.4 Å². The molecular formula is C9H10INO. The number of hydrogen-bond acceptors (Lipinski definition) is 1. The van der Waals surface area contributed by atoms with Gasteiger partial charge in [0.15, 0.2) is 0 Å². The molecule has 0 spiro atoms. The quantitative estimate of drug-likeness (QED) is 0.649. The zero-order chi connectivity index (χ0) is 8.55. The highest BCUT2D eigenvalue weighted by Crippen LogP contribution is 2.31. The largest absolute Gasteiger partial charge is 0.317 e. The highest BCUT2D eigenvalue weighted by atomic mass is 127. The van der Waals surface area contributed by atoms with Crippen molar-refractivity contribution >= 4 is 22.6 Å². The molecule has 1 N–H and O–H groups in total. The SMILES string of the molecule is O=c1[nH]c(I)ccc1CC1CC1. The van der Waals surface area contributed by atoms with Gasteiger partial charge >= 0.3 is 0 Å². The van der Waals surface area contributed by atoms with Gasteiger partial charge in [-0.1, -0.05) is 6.07 Å². The van der Waals surface area contributed by atoms with E-state index in [-0.39, 0.29) is 5.56 Å². The maximum Gasteiger partial charge on any atom is 0.251 e. The van der Waals surface area contributed by atoms with Crippen molar-refractivity contribution in [2.45, 2.75) is 19.3 Å². The van der Waals surface area contributed by atoms with Crippen LogP contribution in [-0.4, -0.2) is 4.98 Å². The summed E-state index contributed by atoms with van der Waals surface area (Å²) in [4.78, 5) is 14.1. The van der Waals surface area contributed by atoms with Gasteiger partial charge in [0.1, 0.15) is 0 Å². The fourth-order valence-electron chi connectivity index (χ4n) is 1.27. The van der Waals surface area contributed by atoms with Crippen molar-refractivity contribution in [3.63, 3.8) is 0 Å². The predicted octanol–water partition coefficient (Wildman–Crippen LogP) is 1.93. The van der Waals surface area contributed by atoms with Crippen molar-refractivity contribution < 1.29 is 0 Å². The minimum absolute atomic E-state index is 0.0915. The van der Waals surface area contributed by atoms with Crippen LogP contribution in [-0.2, 0) is 6.42 Å². The Labute approximate surface area is 84.5 Å². The van der Waals surface area contributed by atoms with Gasteiger partial charge in [0.05, 0.1) is 3.70 Å². The summed E-state index contributed by atoms with van der Waals surface area (Å²) in [5, 5.41) is 0. The lowest BCUT2D eigenvalue weighted by Gasteiger charge is -1.97. The summed E-state index contributed by atoms with van der Waals surface area (Å²) in [7, 11) is 0. The van der Waals surface area contributed by atoms with Crippen LogP contribution >= 0.6 is 22.6 Å². The van der Waals surface area contributed by atoms with Crippen molar-refractivity contribution in [2.24, 2.45) is 5.92 Å². The molecule has 64 valence electrons. The van der Waals surface area contributed by atoms with Crippen LogP contribution < -0.4 is 5.56 Å². The Kier molecular flexibility index (Phi) is 2.21. The van der Waals surface area contributed by atoms with Gasteiger partial charge in [-0.05, 0) is 53.8 Å². The molecule has 2 nitrogen and oxygen atoms in total. The number of halogens is 1. The van der Waals surface area contributed by atoms with Crippen LogP contribution in [0.25, 0.3) is 0 Å². The molecule has 0 bridgehead atoms. The second-order valence-electron chi connectivity index (χ2n) is 3.31. The third-order valence-electron chi connectivity index (χ3n) is 2.16. The van der Waals surface area contributed by atoms with E-state index < -0.39 is 0 Å². The molecular weight excluding hydrogens is 265 g/mol. The van der Waals surface area contributed by atoms with Crippen molar-refractivity contribution in [1.82, 2.24) is 4.98 Å². The van der Waals surface area contributed by atoms with Crippen LogP contribution in [0.2, 0.25) is 0 Å². The fourth-order valence-corrected chi connectivity index (χ4v) is 1.70. The standard InChI is InChI=1S/C9H10INO/c10-8-4-3-7(9(12)11-8)5-6-1-2-6/h3-4,6H,1-2,5H2,(H,11,12). The predicted molar refractivity (Wildman–Crippen MR) is 56.2 cm³/mol. The molecule has 1 aromatic rings. The first-order chi connectivity index (χ1) is 5.75. The van der Waals surface area contributed by atoms with E-state index in [0.29, 0.717) is 0 Å². The summed E-state index contributed by atoms with van der Waals surface area (Å²) in [6, 6.07) is 3.90. The maximum absolute atomic E-state index is 11.3. The van der Waals surface area contributed by atoms with E-state index in [1.807, 2.05) is 12.1 Å². The smallest absolute Gasteiger partial charge is 0.251 e.